The van der Waals surface area contributed by atoms with Crippen molar-refractivity contribution < 1.29 is 19.1 Å². The van der Waals surface area contributed by atoms with Gasteiger partial charge in [-0.05, 0) is 45.9 Å². The Bertz CT molecular complexity index is 533. The number of rotatable bonds is 8. The standard InChI is InChI=1S/C17H26N2O4/c1-12(2)19(13(3)4)17(20)11-23-18-10-14-9-15(21-5)7-8-16(14)22-6/h7-10,12-13H,11H2,1-6H3. The zero-order valence-corrected chi connectivity index (χ0v) is 14.7. The predicted octanol–water partition coefficient (Wildman–Crippen LogP) is 2.70. The first-order valence-electron chi connectivity index (χ1n) is 7.59. The number of methoxy groups -OCH3 is 2. The molecule has 1 aromatic carbocycles. The van der Waals surface area contributed by atoms with Gasteiger partial charge in [0.25, 0.3) is 5.91 Å². The fourth-order valence-corrected chi connectivity index (χ4v) is 2.37. The summed E-state index contributed by atoms with van der Waals surface area (Å²) in [4.78, 5) is 19.0. The SMILES string of the molecule is COc1ccc(OC)c(C=NOCC(=O)N(C(C)C)C(C)C)c1. The lowest BCUT2D eigenvalue weighted by molar-refractivity contribution is -0.139. The molecule has 0 aliphatic heterocycles. The van der Waals surface area contributed by atoms with Gasteiger partial charge in [-0.1, -0.05) is 5.16 Å². The minimum Gasteiger partial charge on any atom is -0.497 e. The van der Waals surface area contributed by atoms with Crippen LogP contribution in [0.3, 0.4) is 0 Å². The second-order valence-electron chi connectivity index (χ2n) is 5.60. The predicted molar refractivity (Wildman–Crippen MR) is 90.2 cm³/mol. The summed E-state index contributed by atoms with van der Waals surface area (Å²) in [6.45, 7) is 7.80. The molecular weight excluding hydrogens is 296 g/mol. The summed E-state index contributed by atoms with van der Waals surface area (Å²) in [5, 5.41) is 3.86. The van der Waals surface area contributed by atoms with E-state index in [2.05, 4.69) is 5.16 Å². The molecular formula is C17H26N2O4. The molecule has 1 amide bonds. The molecule has 0 atom stereocenters. The third kappa shape index (κ3) is 5.47. The van der Waals surface area contributed by atoms with Crippen molar-refractivity contribution in [3.05, 3.63) is 23.8 Å². The smallest absolute Gasteiger partial charge is 0.263 e. The lowest BCUT2D eigenvalue weighted by Gasteiger charge is -2.30. The van der Waals surface area contributed by atoms with Crippen molar-refractivity contribution in [1.29, 1.82) is 0 Å². The lowest BCUT2D eigenvalue weighted by atomic mass is 10.2. The molecule has 0 heterocycles. The lowest BCUT2D eigenvalue weighted by Crippen LogP contribution is -2.43. The molecule has 128 valence electrons. The summed E-state index contributed by atoms with van der Waals surface area (Å²) < 4.78 is 10.4. The van der Waals surface area contributed by atoms with E-state index in [1.54, 1.807) is 37.3 Å². The van der Waals surface area contributed by atoms with Gasteiger partial charge in [0.1, 0.15) is 11.5 Å². The Morgan fingerprint density at radius 3 is 2.35 bits per heavy atom. The number of oxime groups is 1. The highest BCUT2D eigenvalue weighted by Crippen LogP contribution is 2.22. The molecule has 0 aliphatic rings. The molecule has 0 aromatic heterocycles. The first kappa shape index (κ1) is 18.8. The van der Waals surface area contributed by atoms with Crippen LogP contribution in [0.4, 0.5) is 0 Å². The third-order valence-electron chi connectivity index (χ3n) is 3.29. The van der Waals surface area contributed by atoms with E-state index in [0.717, 1.165) is 0 Å². The monoisotopic (exact) mass is 322 g/mol. The molecule has 1 aromatic rings. The zero-order valence-electron chi connectivity index (χ0n) is 14.7. The van der Waals surface area contributed by atoms with Crippen LogP contribution in [0.25, 0.3) is 0 Å². The minimum atomic E-state index is -0.0981. The van der Waals surface area contributed by atoms with Crippen molar-refractivity contribution in [2.24, 2.45) is 5.16 Å². The molecule has 1 rings (SSSR count). The first-order valence-corrected chi connectivity index (χ1v) is 7.59. The van der Waals surface area contributed by atoms with Gasteiger partial charge in [-0.15, -0.1) is 0 Å². The van der Waals surface area contributed by atoms with Gasteiger partial charge in [0, 0.05) is 17.6 Å². The quantitative estimate of drug-likeness (QED) is 0.545. The van der Waals surface area contributed by atoms with Crippen molar-refractivity contribution >= 4 is 12.1 Å². The Morgan fingerprint density at radius 2 is 1.83 bits per heavy atom. The Hall–Kier alpha value is -2.24. The molecule has 0 saturated heterocycles. The van der Waals surface area contributed by atoms with E-state index >= 15 is 0 Å². The summed E-state index contributed by atoms with van der Waals surface area (Å²) in [6.07, 6.45) is 1.50. The maximum absolute atomic E-state index is 12.1. The van der Waals surface area contributed by atoms with E-state index in [0.29, 0.717) is 17.1 Å². The van der Waals surface area contributed by atoms with Crippen molar-refractivity contribution in [3.63, 3.8) is 0 Å². The molecule has 23 heavy (non-hydrogen) atoms. The first-order chi connectivity index (χ1) is 10.9. The molecule has 0 saturated carbocycles. The maximum Gasteiger partial charge on any atom is 0.263 e. The number of benzene rings is 1. The average Bonchev–Trinajstić information content (AvgIpc) is 2.50. The van der Waals surface area contributed by atoms with Crippen LogP contribution in [-0.4, -0.2) is 49.9 Å². The summed E-state index contributed by atoms with van der Waals surface area (Å²) in [5.74, 6) is 1.24. The van der Waals surface area contributed by atoms with Crippen molar-refractivity contribution in [2.45, 2.75) is 39.8 Å². The second kappa shape index (κ2) is 9.02. The van der Waals surface area contributed by atoms with Crippen LogP contribution in [0.5, 0.6) is 11.5 Å². The molecule has 0 fully saturated rings. The molecule has 6 heteroatoms. The molecule has 0 spiro atoms. The fourth-order valence-electron chi connectivity index (χ4n) is 2.37. The van der Waals surface area contributed by atoms with E-state index in [-0.39, 0.29) is 24.6 Å². The van der Waals surface area contributed by atoms with Crippen LogP contribution in [0.1, 0.15) is 33.3 Å². The van der Waals surface area contributed by atoms with Crippen molar-refractivity contribution in [3.8, 4) is 11.5 Å². The third-order valence-corrected chi connectivity index (χ3v) is 3.29. The van der Waals surface area contributed by atoms with Gasteiger partial charge in [-0.25, -0.2) is 0 Å². The van der Waals surface area contributed by atoms with Crippen LogP contribution in [0.2, 0.25) is 0 Å². The fraction of sp³-hybridized carbons (Fsp3) is 0.529. The van der Waals surface area contributed by atoms with Gasteiger partial charge < -0.3 is 19.2 Å². The van der Waals surface area contributed by atoms with Crippen LogP contribution < -0.4 is 9.47 Å². The second-order valence-corrected chi connectivity index (χ2v) is 5.60. The zero-order chi connectivity index (χ0) is 17.4. The summed E-state index contributed by atoms with van der Waals surface area (Å²) >= 11 is 0. The summed E-state index contributed by atoms with van der Waals surface area (Å²) in [7, 11) is 3.16. The van der Waals surface area contributed by atoms with Crippen LogP contribution in [-0.2, 0) is 9.63 Å². The number of ether oxygens (including phenoxy) is 2. The van der Waals surface area contributed by atoms with Gasteiger partial charge in [0.15, 0.2) is 6.61 Å². The van der Waals surface area contributed by atoms with E-state index in [4.69, 9.17) is 14.3 Å². The normalized spacial score (nSPS) is 11.1. The van der Waals surface area contributed by atoms with Crippen LogP contribution in [0.15, 0.2) is 23.4 Å². The highest BCUT2D eigenvalue weighted by atomic mass is 16.6. The Labute approximate surface area is 138 Å². The number of amides is 1. The molecule has 0 unspecified atom stereocenters. The highest BCUT2D eigenvalue weighted by molar-refractivity contribution is 5.84. The number of carbonyl (C=O) groups excluding carboxylic acids is 1. The van der Waals surface area contributed by atoms with E-state index in [1.165, 1.54) is 6.21 Å². The van der Waals surface area contributed by atoms with Crippen LogP contribution >= 0.6 is 0 Å². The van der Waals surface area contributed by atoms with Crippen LogP contribution in [0, 0.1) is 0 Å². The Balaban J connectivity index is 2.68. The molecule has 0 N–H and O–H groups in total. The Kier molecular flexibility index (Phi) is 7.38. The molecule has 0 bridgehead atoms. The number of carbonyl (C=O) groups is 1. The van der Waals surface area contributed by atoms with Gasteiger partial charge in [0.05, 0.1) is 20.4 Å². The molecule has 0 radical (unpaired) electrons. The van der Waals surface area contributed by atoms with E-state index in [9.17, 15) is 4.79 Å². The van der Waals surface area contributed by atoms with Gasteiger partial charge in [-0.3, -0.25) is 4.79 Å². The molecule has 6 nitrogen and oxygen atoms in total. The number of nitrogens with zero attached hydrogens (tertiary/aromatic N) is 2. The van der Waals surface area contributed by atoms with E-state index < -0.39 is 0 Å². The average molecular weight is 322 g/mol. The van der Waals surface area contributed by atoms with E-state index in [1.807, 2.05) is 27.7 Å². The molecule has 0 aliphatic carbocycles. The number of hydrogen-bond acceptors (Lipinski definition) is 5. The van der Waals surface area contributed by atoms with Gasteiger partial charge >= 0.3 is 0 Å². The van der Waals surface area contributed by atoms with Gasteiger partial charge in [-0.2, -0.15) is 0 Å². The topological polar surface area (TPSA) is 60.4 Å². The van der Waals surface area contributed by atoms with Crippen molar-refractivity contribution in [1.82, 2.24) is 4.90 Å². The largest absolute Gasteiger partial charge is 0.497 e. The highest BCUT2D eigenvalue weighted by Gasteiger charge is 2.20. The number of hydrogen-bond donors (Lipinski definition) is 0. The van der Waals surface area contributed by atoms with Gasteiger partial charge in [0.2, 0.25) is 0 Å². The maximum atomic E-state index is 12.1. The Morgan fingerprint density at radius 1 is 1.17 bits per heavy atom. The summed E-state index contributed by atoms with van der Waals surface area (Å²) in [5.41, 5.74) is 0.712. The minimum absolute atomic E-state index is 0.0928. The van der Waals surface area contributed by atoms with Crippen molar-refractivity contribution in [2.75, 3.05) is 20.8 Å². The summed E-state index contributed by atoms with van der Waals surface area (Å²) in [6, 6.07) is 5.60.